The zero-order valence-electron chi connectivity index (χ0n) is 32.4. The summed E-state index contributed by atoms with van der Waals surface area (Å²) in [5.74, 6) is 5.07. The summed E-state index contributed by atoms with van der Waals surface area (Å²) >= 11 is 0. The Kier molecular flexibility index (Phi) is 5.67. The van der Waals surface area contributed by atoms with E-state index in [-0.39, 0.29) is 5.41 Å². The quantitative estimate of drug-likeness (QED) is 0.169. The van der Waals surface area contributed by atoms with Gasteiger partial charge in [0.15, 0.2) is 0 Å². The first-order chi connectivity index (χ1) is 27.4. The number of rotatable bonds is 1. The van der Waals surface area contributed by atoms with Crippen molar-refractivity contribution in [1.82, 2.24) is 4.40 Å². The Morgan fingerprint density at radius 2 is 1.00 bits per heavy atom. The largest absolute Gasteiger partial charge is 0.308 e. The Morgan fingerprint density at radius 3 is 1.52 bits per heavy atom. The molecule has 0 amide bonds. The standard InChI is InChI=1S/C53H45N3/c1-53(2)42-9-4-3-6-38(42)39-8-5-7-37(51(39)53)30-20-40-49-43(22-35(24-54)45-31-12-26-10-27(13-31)17-33(16-26)47(45)49)56-44-23-36(25-55)46-32-14-28-11-29(15-32)19-34(18-28)48(46)50(44)41(21-30)52(40)56/h3-9,20-23,26-29,31-34H,10-19H2,1-2H3. The summed E-state index contributed by atoms with van der Waals surface area (Å²) in [6.45, 7) is 4.84. The van der Waals surface area contributed by atoms with Crippen LogP contribution in [0.2, 0.25) is 0 Å². The average Bonchev–Trinajstić information content (AvgIpc) is 3.68. The van der Waals surface area contributed by atoms with Gasteiger partial charge < -0.3 is 4.40 Å². The number of hydrogen-bond acceptors (Lipinski definition) is 2. The van der Waals surface area contributed by atoms with Gasteiger partial charge in [-0.3, -0.25) is 0 Å². The summed E-state index contributed by atoms with van der Waals surface area (Å²) in [7, 11) is 0. The van der Waals surface area contributed by atoms with Crippen molar-refractivity contribution < 1.29 is 0 Å². The van der Waals surface area contributed by atoms with Gasteiger partial charge >= 0.3 is 0 Å². The number of hydrogen-bond donors (Lipinski definition) is 0. The van der Waals surface area contributed by atoms with Crippen LogP contribution >= 0.6 is 0 Å². The van der Waals surface area contributed by atoms with E-state index in [0.29, 0.717) is 23.7 Å². The molecule has 8 bridgehead atoms. The van der Waals surface area contributed by atoms with Gasteiger partial charge in [0.05, 0.1) is 39.8 Å². The average molecular weight is 724 g/mol. The fraction of sp³-hybridized carbons (Fsp3) is 0.396. The van der Waals surface area contributed by atoms with Gasteiger partial charge in [-0.25, -0.2) is 0 Å². The van der Waals surface area contributed by atoms with Gasteiger partial charge in [0, 0.05) is 27.0 Å². The van der Waals surface area contributed by atoms with Crippen molar-refractivity contribution in [2.24, 2.45) is 23.7 Å². The lowest BCUT2D eigenvalue weighted by Gasteiger charge is -2.38. The van der Waals surface area contributed by atoms with Crippen LogP contribution < -0.4 is 0 Å². The van der Waals surface area contributed by atoms with Crippen molar-refractivity contribution >= 4 is 38.1 Å². The molecule has 7 aromatic rings. The predicted octanol–water partition coefficient (Wildman–Crippen LogP) is 13.3. The van der Waals surface area contributed by atoms with E-state index in [2.05, 4.69) is 97.1 Å². The van der Waals surface area contributed by atoms with Gasteiger partial charge in [0.25, 0.3) is 0 Å². The Hall–Kier alpha value is -5.12. The Bertz CT molecular complexity index is 2880. The lowest BCUT2D eigenvalue weighted by Crippen LogP contribution is -2.25. The highest BCUT2D eigenvalue weighted by Gasteiger charge is 2.47. The molecular weight excluding hydrogens is 679 g/mol. The highest BCUT2D eigenvalue weighted by atomic mass is 14.9. The Morgan fingerprint density at radius 1 is 0.536 bits per heavy atom. The third-order valence-corrected chi connectivity index (χ3v) is 17.2. The maximum Gasteiger partial charge on any atom is 0.0995 e. The normalized spacial score (nSPS) is 29.7. The van der Waals surface area contributed by atoms with E-state index in [1.807, 2.05) is 0 Å². The van der Waals surface area contributed by atoms with Crippen LogP contribution in [0, 0.1) is 46.3 Å². The second-order valence-corrected chi connectivity index (χ2v) is 20.3. The fourth-order valence-electron chi connectivity index (χ4n) is 15.8. The molecule has 4 saturated carbocycles. The third kappa shape index (κ3) is 3.62. The number of nitriles is 2. The molecule has 0 aliphatic heterocycles. The van der Waals surface area contributed by atoms with Crippen molar-refractivity contribution in [3.8, 4) is 34.4 Å². The van der Waals surface area contributed by atoms with Crippen LogP contribution in [0.3, 0.4) is 0 Å². The third-order valence-electron chi connectivity index (χ3n) is 17.2. The molecule has 0 spiro atoms. The summed E-state index contributed by atoms with van der Waals surface area (Å²) in [6, 6.07) is 31.4. The van der Waals surface area contributed by atoms with Crippen LogP contribution in [0.5, 0.6) is 0 Å². The van der Waals surface area contributed by atoms with Crippen LogP contribution in [0.15, 0.2) is 66.7 Å². The topological polar surface area (TPSA) is 52.0 Å². The van der Waals surface area contributed by atoms with E-state index in [1.54, 1.807) is 0 Å². The van der Waals surface area contributed by atoms with E-state index in [1.165, 1.54) is 158 Å². The Labute approximate surface area is 328 Å². The van der Waals surface area contributed by atoms with Crippen LogP contribution in [-0.2, 0) is 5.41 Å². The number of aromatic nitrogens is 1. The van der Waals surface area contributed by atoms with Gasteiger partial charge in [0.1, 0.15) is 0 Å². The summed E-state index contributed by atoms with van der Waals surface area (Å²) in [6.07, 6.45) is 12.8. The molecule has 5 aromatic carbocycles. The second-order valence-electron chi connectivity index (χ2n) is 20.3. The molecule has 2 aromatic heterocycles. The van der Waals surface area contributed by atoms with Crippen molar-refractivity contribution in [1.29, 1.82) is 10.5 Å². The van der Waals surface area contributed by atoms with Crippen LogP contribution in [-0.4, -0.2) is 4.40 Å². The lowest BCUT2D eigenvalue weighted by atomic mass is 9.67. The molecule has 9 aliphatic rings. The summed E-state index contributed by atoms with van der Waals surface area (Å²) in [5, 5.41) is 27.5. The fourth-order valence-corrected chi connectivity index (χ4v) is 15.8. The molecule has 4 unspecified atom stereocenters. The summed E-state index contributed by atoms with van der Waals surface area (Å²) in [4.78, 5) is 0. The monoisotopic (exact) mass is 723 g/mol. The van der Waals surface area contributed by atoms with E-state index in [4.69, 9.17) is 0 Å². The number of fused-ring (bicyclic) bond motifs is 9. The Balaban J connectivity index is 1.17. The molecule has 0 radical (unpaired) electrons. The SMILES string of the molecule is CC1(C)c2ccccc2-c2cccc(-c3cc4c5c6c(c(C#N)cc5n5c7cc(C#N)c8c(c7c(c3)c45)C3CC4CC(CC8C4)C3)C3CC4CC(C3)CC6C4)c21. The molecule has 2 heterocycles. The minimum Gasteiger partial charge on any atom is -0.308 e. The molecule has 9 aliphatic carbocycles. The van der Waals surface area contributed by atoms with Crippen LogP contribution in [0.25, 0.3) is 60.3 Å². The second kappa shape index (κ2) is 10.2. The molecular formula is C53H45N3. The van der Waals surface area contributed by atoms with Crippen LogP contribution in [0.1, 0.15) is 146 Å². The molecule has 4 fully saturated rings. The molecule has 0 N–H and O–H groups in total. The van der Waals surface area contributed by atoms with E-state index in [9.17, 15) is 10.5 Å². The molecule has 16 rings (SSSR count). The molecule has 3 nitrogen and oxygen atoms in total. The van der Waals surface area contributed by atoms with Gasteiger partial charge in [0.2, 0.25) is 0 Å². The predicted molar refractivity (Wildman–Crippen MR) is 225 cm³/mol. The first-order valence-electron chi connectivity index (χ1n) is 21.8. The smallest absolute Gasteiger partial charge is 0.0995 e. The van der Waals surface area contributed by atoms with Crippen LogP contribution in [0.4, 0.5) is 0 Å². The van der Waals surface area contributed by atoms with E-state index >= 15 is 0 Å². The number of nitrogens with zero attached hydrogens (tertiary/aromatic N) is 3. The van der Waals surface area contributed by atoms with E-state index in [0.717, 1.165) is 34.8 Å². The molecule has 56 heavy (non-hydrogen) atoms. The zero-order valence-corrected chi connectivity index (χ0v) is 32.4. The highest BCUT2D eigenvalue weighted by molar-refractivity contribution is 6.26. The minimum atomic E-state index is -0.128. The first-order valence-corrected chi connectivity index (χ1v) is 21.8. The number of benzene rings is 5. The van der Waals surface area contributed by atoms with Crippen molar-refractivity contribution in [2.45, 2.75) is 107 Å². The maximum atomic E-state index is 11.0. The molecule has 4 atom stereocenters. The molecule has 272 valence electrons. The summed E-state index contributed by atoms with van der Waals surface area (Å²) < 4.78 is 2.56. The summed E-state index contributed by atoms with van der Waals surface area (Å²) in [5.41, 5.74) is 19.5. The van der Waals surface area contributed by atoms with Gasteiger partial charge in [-0.2, -0.15) is 10.5 Å². The molecule has 3 heteroatoms. The van der Waals surface area contributed by atoms with Crippen molar-refractivity contribution in [3.63, 3.8) is 0 Å². The van der Waals surface area contributed by atoms with Gasteiger partial charge in [-0.15, -0.1) is 0 Å². The zero-order chi connectivity index (χ0) is 36.9. The first kappa shape index (κ1) is 31.0. The lowest BCUT2D eigenvalue weighted by molar-refractivity contribution is 0.166. The highest BCUT2D eigenvalue weighted by Crippen LogP contribution is 2.62. The van der Waals surface area contributed by atoms with Crippen molar-refractivity contribution in [2.75, 3.05) is 0 Å². The van der Waals surface area contributed by atoms with Gasteiger partial charge in [-0.1, -0.05) is 56.3 Å². The van der Waals surface area contributed by atoms with Gasteiger partial charge in [-0.05, 0) is 191 Å². The minimum absolute atomic E-state index is 0.128. The molecule has 0 saturated heterocycles. The maximum absolute atomic E-state index is 11.0. The van der Waals surface area contributed by atoms with E-state index < -0.39 is 0 Å². The van der Waals surface area contributed by atoms with Crippen molar-refractivity contribution in [3.05, 3.63) is 111 Å².